The maximum atomic E-state index is 6.20. The fourth-order valence-electron chi connectivity index (χ4n) is 5.27. The Bertz CT molecular complexity index is 1440. The molecule has 0 atom stereocenters. The Morgan fingerprint density at radius 3 is 2.69 bits per heavy atom. The lowest BCUT2D eigenvalue weighted by molar-refractivity contribution is 0.193. The fraction of sp³-hybridized carbons (Fsp3) is 0.300. The summed E-state index contributed by atoms with van der Waals surface area (Å²) in [6.07, 6.45) is 5.21. The van der Waals surface area contributed by atoms with Crippen molar-refractivity contribution in [1.82, 2.24) is 14.9 Å². The largest absolute Gasteiger partial charge is 0.493 e. The van der Waals surface area contributed by atoms with Crippen LogP contribution in [0.25, 0.3) is 33.3 Å². The van der Waals surface area contributed by atoms with Crippen LogP contribution in [-0.2, 0) is 0 Å². The zero-order valence-electron chi connectivity index (χ0n) is 20.2. The summed E-state index contributed by atoms with van der Waals surface area (Å²) in [7, 11) is 0. The molecule has 0 radical (unpaired) electrons. The van der Waals surface area contributed by atoms with Crippen molar-refractivity contribution in [2.45, 2.75) is 32.1 Å². The monoisotopic (exact) mass is 465 g/mol. The molecule has 5 aromatic rings. The summed E-state index contributed by atoms with van der Waals surface area (Å²) in [6, 6.07) is 23.8. The third-order valence-corrected chi connectivity index (χ3v) is 7.18. The number of aromatic nitrogens is 2. The summed E-state index contributed by atoms with van der Waals surface area (Å²) in [5.41, 5.74) is 3.40. The maximum Gasteiger partial charge on any atom is 0.243 e. The topological polar surface area (TPSA) is 54.3 Å². The number of rotatable bonds is 7. The van der Waals surface area contributed by atoms with Crippen molar-refractivity contribution in [2.75, 3.05) is 26.2 Å². The van der Waals surface area contributed by atoms with Crippen LogP contribution in [-0.4, -0.2) is 41.1 Å². The van der Waals surface area contributed by atoms with Gasteiger partial charge in [0.25, 0.3) is 0 Å². The van der Waals surface area contributed by atoms with Crippen molar-refractivity contribution in [2.24, 2.45) is 0 Å². The van der Waals surface area contributed by atoms with Gasteiger partial charge in [-0.1, -0.05) is 48.5 Å². The normalized spacial score (nSPS) is 15.2. The lowest BCUT2D eigenvalue weighted by Gasteiger charge is -2.32. The number of aryl methyl sites for hydroxylation is 1. The molecule has 5 heteroatoms. The van der Waals surface area contributed by atoms with Gasteiger partial charge < -0.3 is 19.0 Å². The van der Waals surface area contributed by atoms with E-state index in [4.69, 9.17) is 9.15 Å². The number of likely N-dealkylation sites (tertiary alicyclic amines) is 1. The SMILES string of the molecule is Cc1cnc(-c2cc3c(OCCCN4CCC(c5ccc6ccccc6c5)CC4)cccc3[nH]2)o1. The van der Waals surface area contributed by atoms with Gasteiger partial charge in [0, 0.05) is 17.4 Å². The van der Waals surface area contributed by atoms with E-state index < -0.39 is 0 Å². The van der Waals surface area contributed by atoms with Crippen molar-refractivity contribution in [1.29, 1.82) is 0 Å². The molecule has 0 unspecified atom stereocenters. The summed E-state index contributed by atoms with van der Waals surface area (Å²) in [4.78, 5) is 10.3. The van der Waals surface area contributed by atoms with E-state index in [0.29, 0.717) is 18.4 Å². The predicted molar refractivity (Wildman–Crippen MR) is 141 cm³/mol. The first-order valence-corrected chi connectivity index (χ1v) is 12.6. The van der Waals surface area contributed by atoms with Crippen LogP contribution in [0.2, 0.25) is 0 Å². The highest BCUT2D eigenvalue weighted by Crippen LogP contribution is 2.32. The van der Waals surface area contributed by atoms with Gasteiger partial charge in [0.05, 0.1) is 12.8 Å². The number of hydrogen-bond donors (Lipinski definition) is 1. The minimum atomic E-state index is 0.608. The quantitative estimate of drug-likeness (QED) is 0.265. The molecule has 0 amide bonds. The molecular weight excluding hydrogens is 434 g/mol. The minimum Gasteiger partial charge on any atom is -0.493 e. The zero-order valence-corrected chi connectivity index (χ0v) is 20.2. The lowest BCUT2D eigenvalue weighted by Crippen LogP contribution is -2.34. The number of oxazole rings is 1. The number of H-pyrrole nitrogens is 1. The molecule has 178 valence electrons. The summed E-state index contributed by atoms with van der Waals surface area (Å²) in [5, 5.41) is 3.74. The van der Waals surface area contributed by atoms with Crippen molar-refractivity contribution in [3.63, 3.8) is 0 Å². The Hall–Kier alpha value is -3.57. The molecule has 6 rings (SSSR count). The van der Waals surface area contributed by atoms with Crippen LogP contribution in [0, 0.1) is 6.92 Å². The van der Waals surface area contributed by atoms with Crippen LogP contribution in [0.4, 0.5) is 0 Å². The van der Waals surface area contributed by atoms with Gasteiger partial charge in [-0.15, -0.1) is 0 Å². The smallest absolute Gasteiger partial charge is 0.243 e. The van der Waals surface area contributed by atoms with E-state index in [0.717, 1.165) is 54.2 Å². The molecule has 1 aliphatic heterocycles. The maximum absolute atomic E-state index is 6.20. The highest BCUT2D eigenvalue weighted by molar-refractivity contribution is 5.90. The molecule has 3 aromatic carbocycles. The summed E-state index contributed by atoms with van der Waals surface area (Å²) in [6.45, 7) is 6.00. The van der Waals surface area contributed by atoms with Crippen LogP contribution in [0.1, 0.15) is 36.5 Å². The Morgan fingerprint density at radius 1 is 1.00 bits per heavy atom. The van der Waals surface area contributed by atoms with Gasteiger partial charge in [-0.05, 0) is 79.7 Å². The van der Waals surface area contributed by atoms with E-state index in [1.165, 1.54) is 29.2 Å². The average molecular weight is 466 g/mol. The molecule has 1 aliphatic rings. The number of aromatic amines is 1. The Balaban J connectivity index is 1.01. The molecule has 0 aliphatic carbocycles. The predicted octanol–water partition coefficient (Wildman–Crippen LogP) is 6.93. The molecule has 5 nitrogen and oxygen atoms in total. The number of ether oxygens (including phenoxy) is 1. The first-order valence-electron chi connectivity index (χ1n) is 12.6. The zero-order chi connectivity index (χ0) is 23.6. The van der Waals surface area contributed by atoms with E-state index in [1.54, 1.807) is 6.20 Å². The highest BCUT2D eigenvalue weighted by atomic mass is 16.5. The Labute approximate surface area is 205 Å². The van der Waals surface area contributed by atoms with Crippen molar-refractivity contribution >= 4 is 21.7 Å². The van der Waals surface area contributed by atoms with Crippen molar-refractivity contribution < 1.29 is 9.15 Å². The van der Waals surface area contributed by atoms with E-state index in [1.807, 2.05) is 19.1 Å². The Morgan fingerprint density at radius 2 is 1.86 bits per heavy atom. The third-order valence-electron chi connectivity index (χ3n) is 7.18. The number of piperidine rings is 1. The molecule has 0 saturated carbocycles. The number of nitrogens with zero attached hydrogens (tertiary/aromatic N) is 2. The van der Waals surface area contributed by atoms with Gasteiger partial charge in [-0.25, -0.2) is 4.98 Å². The average Bonchev–Trinajstić information content (AvgIpc) is 3.53. The molecule has 35 heavy (non-hydrogen) atoms. The van der Waals surface area contributed by atoms with Crippen LogP contribution in [0.15, 0.2) is 77.3 Å². The van der Waals surface area contributed by atoms with Gasteiger partial charge >= 0.3 is 0 Å². The summed E-state index contributed by atoms with van der Waals surface area (Å²) >= 11 is 0. The van der Waals surface area contributed by atoms with E-state index >= 15 is 0 Å². The Kier molecular flexibility index (Phi) is 6.01. The molecule has 0 bridgehead atoms. The van der Waals surface area contributed by atoms with Gasteiger partial charge in [0.1, 0.15) is 17.2 Å². The second-order valence-electron chi connectivity index (χ2n) is 9.60. The van der Waals surface area contributed by atoms with Crippen LogP contribution in [0.5, 0.6) is 5.75 Å². The van der Waals surface area contributed by atoms with Crippen LogP contribution in [0.3, 0.4) is 0 Å². The van der Waals surface area contributed by atoms with E-state index in [9.17, 15) is 0 Å². The minimum absolute atomic E-state index is 0.608. The van der Waals surface area contributed by atoms with Crippen LogP contribution >= 0.6 is 0 Å². The fourth-order valence-corrected chi connectivity index (χ4v) is 5.27. The first kappa shape index (κ1) is 21.9. The molecular formula is C30H31N3O2. The molecule has 1 fully saturated rings. The second-order valence-corrected chi connectivity index (χ2v) is 9.60. The number of benzene rings is 3. The van der Waals surface area contributed by atoms with Gasteiger partial charge in [0.2, 0.25) is 5.89 Å². The second kappa shape index (κ2) is 9.59. The van der Waals surface area contributed by atoms with Gasteiger partial charge in [-0.3, -0.25) is 0 Å². The number of nitrogens with one attached hydrogen (secondary N) is 1. The summed E-state index contributed by atoms with van der Waals surface area (Å²) in [5.74, 6) is 2.98. The molecule has 2 aromatic heterocycles. The van der Waals surface area contributed by atoms with E-state index in [2.05, 4.69) is 69.5 Å². The number of fused-ring (bicyclic) bond motifs is 2. The van der Waals surface area contributed by atoms with Crippen molar-refractivity contribution in [3.8, 4) is 17.3 Å². The van der Waals surface area contributed by atoms with E-state index in [-0.39, 0.29) is 0 Å². The van der Waals surface area contributed by atoms with Gasteiger partial charge in [0.15, 0.2) is 0 Å². The number of hydrogen-bond acceptors (Lipinski definition) is 4. The first-order chi connectivity index (χ1) is 17.2. The molecule has 3 heterocycles. The molecule has 1 saturated heterocycles. The van der Waals surface area contributed by atoms with Gasteiger partial charge in [-0.2, -0.15) is 0 Å². The molecule has 0 spiro atoms. The van der Waals surface area contributed by atoms with Crippen LogP contribution < -0.4 is 4.74 Å². The molecule has 1 N–H and O–H groups in total. The third kappa shape index (κ3) is 4.69. The highest BCUT2D eigenvalue weighted by Gasteiger charge is 2.20. The van der Waals surface area contributed by atoms with Crippen molar-refractivity contribution in [3.05, 3.63) is 84.3 Å². The summed E-state index contributed by atoms with van der Waals surface area (Å²) < 4.78 is 11.9. The standard InChI is InChI=1S/C30H31N3O2/c1-21-20-31-30(35-21)28-19-26-27(32-28)8-4-9-29(26)34-17-5-14-33-15-12-23(13-16-33)25-11-10-22-6-2-3-7-24(22)18-25/h2-4,6-11,18-20,23,32H,5,12-17H2,1H3. The lowest BCUT2D eigenvalue weighted by atomic mass is 9.88.